The Morgan fingerprint density at radius 2 is 2.29 bits per heavy atom. The van der Waals surface area contributed by atoms with E-state index in [4.69, 9.17) is 16.2 Å². The molecule has 4 N–H and O–H groups in total. The number of carbonyl (C=O) groups excluding carboxylic acids is 1. The van der Waals surface area contributed by atoms with Gasteiger partial charge in [-0.25, -0.2) is 0 Å². The van der Waals surface area contributed by atoms with Crippen molar-refractivity contribution in [2.75, 3.05) is 12.3 Å². The summed E-state index contributed by atoms with van der Waals surface area (Å²) >= 11 is 1.70. The quantitative estimate of drug-likeness (QED) is 0.802. The minimum Gasteiger partial charge on any atom is -0.398 e. The normalized spacial score (nSPS) is 23.8. The van der Waals surface area contributed by atoms with Gasteiger partial charge in [-0.05, 0) is 31.5 Å². The van der Waals surface area contributed by atoms with Crippen LogP contribution in [0.15, 0.2) is 23.1 Å². The molecular formula is C12H16N2O2S. The molecule has 0 saturated carbocycles. The van der Waals surface area contributed by atoms with Crippen LogP contribution in [0, 0.1) is 0 Å². The highest BCUT2D eigenvalue weighted by Crippen LogP contribution is 2.35. The number of ether oxygens (including phenoxy) is 1. The molecule has 1 heterocycles. The fraction of sp³-hybridized carbons (Fsp3) is 0.417. The van der Waals surface area contributed by atoms with Crippen LogP contribution in [0.4, 0.5) is 5.69 Å². The van der Waals surface area contributed by atoms with Gasteiger partial charge in [-0.3, -0.25) is 4.79 Å². The third-order valence-electron chi connectivity index (χ3n) is 2.88. The average Bonchev–Trinajstić information content (AvgIpc) is 2.67. The lowest BCUT2D eigenvalue weighted by molar-refractivity contribution is 0.1000. The first-order valence-electron chi connectivity index (χ1n) is 5.55. The number of carbonyl (C=O) groups is 1. The fourth-order valence-corrected chi connectivity index (χ4v) is 2.99. The minimum absolute atomic E-state index is 0.246. The number of anilines is 1. The molecule has 2 atom stereocenters. The second kappa shape index (κ2) is 4.98. The summed E-state index contributed by atoms with van der Waals surface area (Å²) in [7, 11) is 0. The van der Waals surface area contributed by atoms with Gasteiger partial charge >= 0.3 is 0 Å². The summed E-state index contributed by atoms with van der Waals surface area (Å²) in [6.45, 7) is 2.87. The molecule has 0 spiro atoms. The highest BCUT2D eigenvalue weighted by Gasteiger charge is 2.25. The van der Waals surface area contributed by atoms with Crippen molar-refractivity contribution in [3.63, 3.8) is 0 Å². The van der Waals surface area contributed by atoms with Gasteiger partial charge in [0, 0.05) is 28.0 Å². The van der Waals surface area contributed by atoms with E-state index in [2.05, 4.69) is 6.92 Å². The van der Waals surface area contributed by atoms with Crippen LogP contribution in [0.3, 0.4) is 0 Å². The molecule has 1 saturated heterocycles. The molecular weight excluding hydrogens is 236 g/mol. The molecule has 1 aromatic carbocycles. The van der Waals surface area contributed by atoms with Crippen molar-refractivity contribution in [1.29, 1.82) is 0 Å². The number of thioether (sulfide) groups is 1. The number of primary amides is 1. The molecule has 1 aliphatic heterocycles. The molecule has 17 heavy (non-hydrogen) atoms. The zero-order valence-corrected chi connectivity index (χ0v) is 10.5. The Balaban J connectivity index is 2.14. The highest BCUT2D eigenvalue weighted by molar-refractivity contribution is 8.00. The molecule has 0 bridgehead atoms. The Hall–Kier alpha value is -1.20. The lowest BCUT2D eigenvalue weighted by atomic mass is 10.2. The molecule has 2 unspecified atom stereocenters. The number of rotatable bonds is 3. The van der Waals surface area contributed by atoms with Gasteiger partial charge in [0.2, 0.25) is 5.91 Å². The van der Waals surface area contributed by atoms with E-state index in [1.165, 1.54) is 0 Å². The monoisotopic (exact) mass is 252 g/mol. The Labute approximate surface area is 105 Å². The van der Waals surface area contributed by atoms with Crippen LogP contribution in [0.25, 0.3) is 0 Å². The van der Waals surface area contributed by atoms with Gasteiger partial charge in [-0.15, -0.1) is 11.8 Å². The predicted octanol–water partition coefficient (Wildman–Crippen LogP) is 1.64. The number of hydrogen-bond acceptors (Lipinski definition) is 4. The smallest absolute Gasteiger partial charge is 0.248 e. The summed E-state index contributed by atoms with van der Waals surface area (Å²) in [5, 5.41) is 0.428. The van der Waals surface area contributed by atoms with Crippen LogP contribution in [-0.2, 0) is 4.74 Å². The number of nitrogen functional groups attached to an aromatic ring is 1. The van der Waals surface area contributed by atoms with Crippen molar-refractivity contribution in [2.24, 2.45) is 5.73 Å². The standard InChI is InChI=1S/C12H16N2O2S/c1-7-10(4-5-16-7)17-11-3-2-8(12(14)15)6-9(11)13/h2-3,6-7,10H,4-5,13H2,1H3,(H2,14,15). The van der Waals surface area contributed by atoms with Crippen LogP contribution in [0.1, 0.15) is 23.7 Å². The SMILES string of the molecule is CC1OCCC1Sc1ccc(C(N)=O)cc1N. The summed E-state index contributed by atoms with van der Waals surface area (Å²) in [4.78, 5) is 12.0. The second-order valence-electron chi connectivity index (χ2n) is 4.14. The van der Waals surface area contributed by atoms with E-state index < -0.39 is 5.91 Å². The summed E-state index contributed by atoms with van der Waals surface area (Å²) in [5.74, 6) is -0.453. The van der Waals surface area contributed by atoms with E-state index in [1.54, 1.807) is 23.9 Å². The van der Waals surface area contributed by atoms with E-state index in [9.17, 15) is 4.79 Å². The van der Waals surface area contributed by atoms with Crippen molar-refractivity contribution >= 4 is 23.4 Å². The van der Waals surface area contributed by atoms with Crippen LogP contribution >= 0.6 is 11.8 Å². The van der Waals surface area contributed by atoms with E-state index in [0.717, 1.165) is 17.9 Å². The predicted molar refractivity (Wildman–Crippen MR) is 69.0 cm³/mol. The van der Waals surface area contributed by atoms with Crippen molar-refractivity contribution in [1.82, 2.24) is 0 Å². The van der Waals surface area contributed by atoms with Gasteiger partial charge in [0.25, 0.3) is 0 Å². The Morgan fingerprint density at radius 1 is 1.53 bits per heavy atom. The molecule has 1 aliphatic rings. The van der Waals surface area contributed by atoms with Gasteiger partial charge in [0.15, 0.2) is 0 Å². The molecule has 2 rings (SSSR count). The molecule has 0 aromatic heterocycles. The molecule has 4 nitrogen and oxygen atoms in total. The number of hydrogen-bond donors (Lipinski definition) is 2. The maximum Gasteiger partial charge on any atom is 0.248 e. The molecule has 0 radical (unpaired) electrons. The first-order chi connectivity index (χ1) is 8.08. The van der Waals surface area contributed by atoms with E-state index >= 15 is 0 Å². The van der Waals surface area contributed by atoms with Crippen LogP contribution in [-0.4, -0.2) is 23.9 Å². The number of amides is 1. The molecule has 1 aromatic rings. The molecule has 1 fully saturated rings. The van der Waals surface area contributed by atoms with Crippen molar-refractivity contribution < 1.29 is 9.53 Å². The van der Waals surface area contributed by atoms with Crippen LogP contribution < -0.4 is 11.5 Å². The maximum absolute atomic E-state index is 11.0. The van der Waals surface area contributed by atoms with Gasteiger partial charge < -0.3 is 16.2 Å². The molecule has 5 heteroatoms. The molecule has 0 aliphatic carbocycles. The van der Waals surface area contributed by atoms with Gasteiger partial charge in [0.05, 0.1) is 6.10 Å². The van der Waals surface area contributed by atoms with Gasteiger partial charge in [-0.2, -0.15) is 0 Å². The topological polar surface area (TPSA) is 78.3 Å². The summed E-state index contributed by atoms with van der Waals surface area (Å²) < 4.78 is 5.50. The zero-order valence-electron chi connectivity index (χ0n) is 9.68. The van der Waals surface area contributed by atoms with Gasteiger partial charge in [0.1, 0.15) is 0 Å². The van der Waals surface area contributed by atoms with Crippen LogP contribution in [0.5, 0.6) is 0 Å². The summed E-state index contributed by atoms with van der Waals surface area (Å²) in [6.07, 6.45) is 1.28. The zero-order chi connectivity index (χ0) is 12.4. The van der Waals surface area contributed by atoms with E-state index in [1.807, 2.05) is 6.07 Å². The highest BCUT2D eigenvalue weighted by atomic mass is 32.2. The van der Waals surface area contributed by atoms with E-state index in [0.29, 0.717) is 16.5 Å². The lowest BCUT2D eigenvalue weighted by Gasteiger charge is -2.15. The van der Waals surface area contributed by atoms with Crippen molar-refractivity contribution in [2.45, 2.75) is 29.6 Å². The minimum atomic E-state index is -0.453. The largest absolute Gasteiger partial charge is 0.398 e. The Morgan fingerprint density at radius 3 is 2.82 bits per heavy atom. The lowest BCUT2D eigenvalue weighted by Crippen LogP contribution is -2.14. The first-order valence-corrected chi connectivity index (χ1v) is 6.43. The number of nitrogens with two attached hydrogens (primary N) is 2. The van der Waals surface area contributed by atoms with E-state index in [-0.39, 0.29) is 6.10 Å². The second-order valence-corrected chi connectivity index (χ2v) is 5.42. The number of benzene rings is 1. The average molecular weight is 252 g/mol. The fourth-order valence-electron chi connectivity index (χ4n) is 1.84. The first kappa shape index (κ1) is 12.3. The third kappa shape index (κ3) is 2.73. The summed E-state index contributed by atoms with van der Waals surface area (Å²) in [5.41, 5.74) is 12.2. The Bertz CT molecular complexity index is 437. The third-order valence-corrected chi connectivity index (χ3v) is 4.43. The van der Waals surface area contributed by atoms with Crippen molar-refractivity contribution in [3.05, 3.63) is 23.8 Å². The molecule has 1 amide bonds. The molecule has 92 valence electrons. The maximum atomic E-state index is 11.0. The van der Waals surface area contributed by atoms with Crippen LogP contribution in [0.2, 0.25) is 0 Å². The Kier molecular flexibility index (Phi) is 3.59. The van der Waals surface area contributed by atoms with Gasteiger partial charge in [-0.1, -0.05) is 0 Å². The summed E-state index contributed by atoms with van der Waals surface area (Å²) in [6, 6.07) is 5.19. The van der Waals surface area contributed by atoms with Crippen molar-refractivity contribution in [3.8, 4) is 0 Å².